The van der Waals surface area contributed by atoms with E-state index >= 15 is 0 Å². The summed E-state index contributed by atoms with van der Waals surface area (Å²) in [6, 6.07) is 18.4. The summed E-state index contributed by atoms with van der Waals surface area (Å²) in [7, 11) is 0. The molecule has 0 aliphatic carbocycles. The van der Waals surface area contributed by atoms with E-state index in [1.54, 1.807) is 10.9 Å². The summed E-state index contributed by atoms with van der Waals surface area (Å²) in [5.74, 6) is -0.283. The van der Waals surface area contributed by atoms with Crippen molar-refractivity contribution in [3.63, 3.8) is 0 Å². The normalized spacial score (nSPS) is 11.9. The summed E-state index contributed by atoms with van der Waals surface area (Å²) in [5, 5.41) is 12.4. The molecule has 2 aromatic carbocycles. The van der Waals surface area contributed by atoms with Gasteiger partial charge in [-0.15, -0.1) is 0 Å². The lowest BCUT2D eigenvalue weighted by Gasteiger charge is -2.17. The molecule has 0 unspecified atom stereocenters. The van der Waals surface area contributed by atoms with E-state index in [-0.39, 0.29) is 12.5 Å². The molecule has 23 heavy (non-hydrogen) atoms. The molecule has 5 nitrogen and oxygen atoms in total. The van der Waals surface area contributed by atoms with Crippen LogP contribution in [0.25, 0.3) is 5.69 Å². The zero-order chi connectivity index (χ0) is 16.1. The fraction of sp³-hybridized carbons (Fsp3) is 0.111. The molecule has 0 saturated carbocycles. The molecule has 116 valence electrons. The first-order valence-corrected chi connectivity index (χ1v) is 7.34. The number of carbonyl (C=O) groups excluding carboxylic acids is 1. The van der Waals surface area contributed by atoms with Gasteiger partial charge in [0.05, 0.1) is 25.2 Å². The van der Waals surface area contributed by atoms with E-state index in [1.165, 1.54) is 6.20 Å². The minimum absolute atomic E-state index is 0.171. The van der Waals surface area contributed by atoms with Gasteiger partial charge in [-0.1, -0.05) is 48.5 Å². The number of aliphatic hydroxyl groups excluding tert-OH is 1. The molecule has 2 N–H and O–H groups in total. The van der Waals surface area contributed by atoms with Crippen LogP contribution in [0.2, 0.25) is 0 Å². The topological polar surface area (TPSA) is 67.2 Å². The standard InChI is InChI=1S/C18H17N3O2/c22-12-16(14-7-3-1-4-8-14)20-18(23)17-11-19-13-21(17)15-9-5-2-6-10-15/h1-11,13,16,22H,12H2,(H,20,23)/t16-/m1/s1. The Hall–Kier alpha value is -2.92. The third-order valence-electron chi connectivity index (χ3n) is 3.60. The van der Waals surface area contributed by atoms with Crippen molar-refractivity contribution in [1.82, 2.24) is 14.9 Å². The van der Waals surface area contributed by atoms with Crippen LogP contribution in [0.3, 0.4) is 0 Å². The molecular formula is C18H17N3O2. The van der Waals surface area contributed by atoms with Crippen LogP contribution in [0.4, 0.5) is 0 Å². The first kappa shape index (κ1) is 15.0. The Balaban J connectivity index is 1.83. The minimum Gasteiger partial charge on any atom is -0.394 e. The van der Waals surface area contributed by atoms with Gasteiger partial charge in [-0.3, -0.25) is 9.36 Å². The molecule has 0 spiro atoms. The molecule has 0 aliphatic rings. The van der Waals surface area contributed by atoms with E-state index in [4.69, 9.17) is 0 Å². The highest BCUT2D eigenvalue weighted by Gasteiger charge is 2.18. The Morgan fingerprint density at radius 3 is 2.39 bits per heavy atom. The minimum atomic E-state index is -0.456. The van der Waals surface area contributed by atoms with Crippen LogP contribution < -0.4 is 5.32 Å². The number of hydrogen-bond donors (Lipinski definition) is 2. The maximum atomic E-state index is 12.6. The summed E-state index contributed by atoms with van der Waals surface area (Å²) in [6.07, 6.45) is 3.11. The molecule has 1 amide bonds. The van der Waals surface area contributed by atoms with Crippen LogP contribution in [0.1, 0.15) is 22.1 Å². The third-order valence-corrected chi connectivity index (χ3v) is 3.60. The molecule has 3 aromatic rings. The van der Waals surface area contributed by atoms with Crippen molar-refractivity contribution in [1.29, 1.82) is 0 Å². The average molecular weight is 307 g/mol. The van der Waals surface area contributed by atoms with Gasteiger partial charge in [0.2, 0.25) is 0 Å². The summed E-state index contributed by atoms with van der Waals surface area (Å²) >= 11 is 0. The summed E-state index contributed by atoms with van der Waals surface area (Å²) in [4.78, 5) is 16.6. The highest BCUT2D eigenvalue weighted by Crippen LogP contribution is 2.15. The lowest BCUT2D eigenvalue weighted by atomic mass is 10.1. The lowest BCUT2D eigenvalue weighted by molar-refractivity contribution is 0.0909. The monoisotopic (exact) mass is 307 g/mol. The maximum absolute atomic E-state index is 12.6. The van der Waals surface area contributed by atoms with Crippen LogP contribution in [-0.4, -0.2) is 27.2 Å². The predicted octanol–water partition coefficient (Wildman–Crippen LogP) is 2.34. The zero-order valence-corrected chi connectivity index (χ0v) is 12.5. The Morgan fingerprint density at radius 2 is 1.74 bits per heavy atom. The Morgan fingerprint density at radius 1 is 1.09 bits per heavy atom. The van der Waals surface area contributed by atoms with Gasteiger partial charge in [0.1, 0.15) is 5.69 Å². The third kappa shape index (κ3) is 3.30. The highest BCUT2D eigenvalue weighted by molar-refractivity contribution is 5.93. The fourth-order valence-corrected chi connectivity index (χ4v) is 2.41. The van der Waals surface area contributed by atoms with Crippen molar-refractivity contribution >= 4 is 5.91 Å². The molecule has 0 aliphatic heterocycles. The number of para-hydroxylation sites is 1. The average Bonchev–Trinajstić information content (AvgIpc) is 3.11. The van der Waals surface area contributed by atoms with Crippen LogP contribution in [0.15, 0.2) is 73.2 Å². The largest absolute Gasteiger partial charge is 0.394 e. The number of nitrogens with zero attached hydrogens (tertiary/aromatic N) is 2. The Bertz CT molecular complexity index is 769. The lowest BCUT2D eigenvalue weighted by Crippen LogP contribution is -2.32. The Labute approximate surface area is 134 Å². The predicted molar refractivity (Wildman–Crippen MR) is 87.3 cm³/mol. The fourth-order valence-electron chi connectivity index (χ4n) is 2.41. The Kier molecular flexibility index (Phi) is 4.49. The molecular weight excluding hydrogens is 290 g/mol. The first-order valence-electron chi connectivity index (χ1n) is 7.34. The van der Waals surface area contributed by atoms with Crippen LogP contribution in [0, 0.1) is 0 Å². The van der Waals surface area contributed by atoms with Crippen molar-refractivity contribution in [3.8, 4) is 5.69 Å². The van der Waals surface area contributed by atoms with Gasteiger partial charge in [-0.25, -0.2) is 4.98 Å². The zero-order valence-electron chi connectivity index (χ0n) is 12.5. The molecule has 1 atom stereocenters. The number of aliphatic hydroxyl groups is 1. The molecule has 5 heteroatoms. The number of benzene rings is 2. The van der Waals surface area contributed by atoms with E-state index in [1.807, 2.05) is 60.7 Å². The SMILES string of the molecule is O=C(N[C@H](CO)c1ccccc1)c1cncn1-c1ccccc1. The second kappa shape index (κ2) is 6.89. The van der Waals surface area contributed by atoms with Crippen molar-refractivity contribution in [2.45, 2.75) is 6.04 Å². The molecule has 1 heterocycles. The quantitative estimate of drug-likeness (QED) is 0.760. The van der Waals surface area contributed by atoms with Gasteiger partial charge in [0.25, 0.3) is 5.91 Å². The van der Waals surface area contributed by atoms with Gasteiger partial charge in [0.15, 0.2) is 0 Å². The van der Waals surface area contributed by atoms with Crippen molar-refractivity contribution in [2.24, 2.45) is 0 Å². The second-order valence-electron chi connectivity index (χ2n) is 5.10. The van der Waals surface area contributed by atoms with Crippen molar-refractivity contribution < 1.29 is 9.90 Å². The van der Waals surface area contributed by atoms with Crippen LogP contribution >= 0.6 is 0 Å². The second-order valence-corrected chi connectivity index (χ2v) is 5.10. The molecule has 1 aromatic heterocycles. The molecule has 3 rings (SSSR count). The molecule has 0 saturated heterocycles. The number of imidazole rings is 1. The van der Waals surface area contributed by atoms with Crippen molar-refractivity contribution in [3.05, 3.63) is 84.4 Å². The van der Waals surface area contributed by atoms with E-state index in [0.717, 1.165) is 11.3 Å². The molecule has 0 fully saturated rings. The highest BCUT2D eigenvalue weighted by atomic mass is 16.3. The summed E-state index contributed by atoms with van der Waals surface area (Å²) in [5.41, 5.74) is 2.13. The molecule has 0 radical (unpaired) electrons. The van der Waals surface area contributed by atoms with E-state index < -0.39 is 6.04 Å². The van der Waals surface area contributed by atoms with Crippen LogP contribution in [-0.2, 0) is 0 Å². The van der Waals surface area contributed by atoms with Gasteiger partial charge in [0, 0.05) is 5.69 Å². The summed E-state index contributed by atoms with van der Waals surface area (Å²) < 4.78 is 1.72. The van der Waals surface area contributed by atoms with Crippen LogP contribution in [0.5, 0.6) is 0 Å². The number of nitrogens with one attached hydrogen (secondary N) is 1. The number of aromatic nitrogens is 2. The van der Waals surface area contributed by atoms with Gasteiger partial charge in [-0.05, 0) is 17.7 Å². The first-order chi connectivity index (χ1) is 11.3. The number of rotatable bonds is 5. The van der Waals surface area contributed by atoms with Crippen molar-refractivity contribution in [2.75, 3.05) is 6.61 Å². The van der Waals surface area contributed by atoms with E-state index in [2.05, 4.69) is 10.3 Å². The maximum Gasteiger partial charge on any atom is 0.270 e. The molecule has 0 bridgehead atoms. The van der Waals surface area contributed by atoms with Gasteiger partial charge < -0.3 is 10.4 Å². The number of amides is 1. The van der Waals surface area contributed by atoms with Gasteiger partial charge >= 0.3 is 0 Å². The van der Waals surface area contributed by atoms with Gasteiger partial charge in [-0.2, -0.15) is 0 Å². The summed E-state index contributed by atoms with van der Waals surface area (Å²) in [6.45, 7) is -0.171. The number of hydrogen-bond acceptors (Lipinski definition) is 3. The van der Waals surface area contributed by atoms with E-state index in [9.17, 15) is 9.90 Å². The smallest absolute Gasteiger partial charge is 0.270 e. The number of carbonyl (C=O) groups is 1. The van der Waals surface area contributed by atoms with E-state index in [0.29, 0.717) is 5.69 Å².